The van der Waals surface area contributed by atoms with Gasteiger partial charge in [0, 0.05) is 5.92 Å². The molecule has 0 aliphatic heterocycles. The summed E-state index contributed by atoms with van der Waals surface area (Å²) in [4.78, 5) is 0. The first kappa shape index (κ1) is 22.3. The van der Waals surface area contributed by atoms with Crippen molar-refractivity contribution in [2.45, 2.75) is 50.9 Å². The zero-order valence-corrected chi connectivity index (χ0v) is 18.8. The lowest BCUT2D eigenvalue weighted by atomic mass is 9.89. The Morgan fingerprint density at radius 3 is 1.96 bits per heavy atom. The molecule has 0 radical (unpaired) electrons. The van der Waals surface area contributed by atoms with Crippen molar-refractivity contribution in [1.29, 1.82) is 0 Å². The maximum atomic E-state index is 10.9. The summed E-state index contributed by atoms with van der Waals surface area (Å²) >= 11 is 0. The standard InChI is InChI=1S/C25H34O2Si/c1-25(2,3)28(4,5)27-20-14-8-13-19-23(21-15-9-6-10-16-21)24(26)22-17-11-7-12-18-22/h6-19,23-24,26H,20H2,1-5H3/b14-8-,19-13-/t23-,24-/m1/s1. The number of benzene rings is 2. The molecule has 0 aliphatic carbocycles. The van der Waals surface area contributed by atoms with Crippen LogP contribution >= 0.6 is 0 Å². The maximum Gasteiger partial charge on any atom is 0.192 e. The van der Waals surface area contributed by atoms with Crippen molar-refractivity contribution in [3.05, 3.63) is 96.1 Å². The van der Waals surface area contributed by atoms with Crippen LogP contribution in [0.15, 0.2) is 85.0 Å². The van der Waals surface area contributed by atoms with Gasteiger partial charge in [-0.1, -0.05) is 106 Å². The van der Waals surface area contributed by atoms with Crippen LogP contribution in [-0.4, -0.2) is 20.0 Å². The van der Waals surface area contributed by atoms with Gasteiger partial charge in [0.2, 0.25) is 0 Å². The van der Waals surface area contributed by atoms with Gasteiger partial charge >= 0.3 is 0 Å². The molecule has 2 rings (SSSR count). The van der Waals surface area contributed by atoms with Gasteiger partial charge in [-0.2, -0.15) is 0 Å². The molecule has 2 nitrogen and oxygen atoms in total. The normalized spacial score (nSPS) is 15.2. The van der Waals surface area contributed by atoms with E-state index in [4.69, 9.17) is 4.43 Å². The molecule has 0 fully saturated rings. The molecule has 1 N–H and O–H groups in total. The molecule has 3 heteroatoms. The Kier molecular flexibility index (Phi) is 7.99. The summed E-state index contributed by atoms with van der Waals surface area (Å²) in [5, 5.41) is 11.2. The Hall–Kier alpha value is -1.94. The molecule has 0 saturated carbocycles. The average Bonchev–Trinajstić information content (AvgIpc) is 2.67. The van der Waals surface area contributed by atoms with Crippen LogP contribution in [0.4, 0.5) is 0 Å². The van der Waals surface area contributed by atoms with E-state index in [1.807, 2.05) is 66.8 Å². The van der Waals surface area contributed by atoms with Gasteiger partial charge in [0.05, 0.1) is 12.7 Å². The Morgan fingerprint density at radius 1 is 0.893 bits per heavy atom. The molecule has 150 valence electrons. The summed E-state index contributed by atoms with van der Waals surface area (Å²) in [5.41, 5.74) is 2.02. The van der Waals surface area contributed by atoms with Gasteiger partial charge in [-0.15, -0.1) is 0 Å². The van der Waals surface area contributed by atoms with Gasteiger partial charge in [-0.25, -0.2) is 0 Å². The highest BCUT2D eigenvalue weighted by Gasteiger charge is 2.36. The number of allylic oxidation sites excluding steroid dienone is 2. The van der Waals surface area contributed by atoms with Crippen molar-refractivity contribution < 1.29 is 9.53 Å². The van der Waals surface area contributed by atoms with Crippen LogP contribution in [0.2, 0.25) is 18.1 Å². The predicted octanol–water partition coefficient (Wildman–Crippen LogP) is 6.64. The number of aliphatic hydroxyl groups is 1. The molecule has 0 saturated heterocycles. The van der Waals surface area contributed by atoms with Crippen LogP contribution in [0.25, 0.3) is 0 Å². The van der Waals surface area contributed by atoms with Crippen molar-refractivity contribution in [3.8, 4) is 0 Å². The van der Waals surface area contributed by atoms with Crippen LogP contribution in [0.1, 0.15) is 43.9 Å². The first-order valence-electron chi connectivity index (χ1n) is 9.97. The van der Waals surface area contributed by atoms with Crippen molar-refractivity contribution in [2.75, 3.05) is 6.61 Å². The Morgan fingerprint density at radius 2 is 1.43 bits per heavy atom. The monoisotopic (exact) mass is 394 g/mol. The lowest BCUT2D eigenvalue weighted by Crippen LogP contribution is -2.40. The van der Waals surface area contributed by atoms with Crippen LogP contribution < -0.4 is 0 Å². The highest BCUT2D eigenvalue weighted by Crippen LogP contribution is 2.36. The van der Waals surface area contributed by atoms with E-state index in [0.717, 1.165) is 11.1 Å². The fourth-order valence-corrected chi connectivity index (χ4v) is 3.67. The molecule has 0 bridgehead atoms. The number of aliphatic hydroxyl groups excluding tert-OH is 1. The quantitative estimate of drug-likeness (QED) is 0.402. The maximum absolute atomic E-state index is 10.9. The second kappa shape index (κ2) is 10.0. The second-order valence-electron chi connectivity index (χ2n) is 8.68. The van der Waals surface area contributed by atoms with E-state index in [0.29, 0.717) is 6.61 Å². The minimum Gasteiger partial charge on any atom is -0.413 e. The largest absolute Gasteiger partial charge is 0.413 e. The third-order valence-electron chi connectivity index (χ3n) is 5.58. The molecule has 2 aromatic carbocycles. The fraction of sp³-hybridized carbons (Fsp3) is 0.360. The molecule has 28 heavy (non-hydrogen) atoms. The summed E-state index contributed by atoms with van der Waals surface area (Å²) in [6.45, 7) is 11.9. The fourth-order valence-electron chi connectivity index (χ4n) is 2.72. The minimum absolute atomic E-state index is 0.102. The van der Waals surface area contributed by atoms with E-state index in [-0.39, 0.29) is 11.0 Å². The predicted molar refractivity (Wildman–Crippen MR) is 122 cm³/mol. The van der Waals surface area contributed by atoms with Gasteiger partial charge in [0.15, 0.2) is 8.32 Å². The Balaban J connectivity index is 2.07. The third-order valence-corrected chi connectivity index (χ3v) is 10.1. The van der Waals surface area contributed by atoms with Crippen molar-refractivity contribution in [1.82, 2.24) is 0 Å². The van der Waals surface area contributed by atoms with Gasteiger partial charge in [0.1, 0.15) is 0 Å². The van der Waals surface area contributed by atoms with E-state index in [2.05, 4.69) is 52.1 Å². The molecular formula is C25H34O2Si. The molecular weight excluding hydrogens is 360 g/mol. The molecule has 0 amide bonds. The lowest BCUT2D eigenvalue weighted by molar-refractivity contribution is 0.162. The van der Waals surface area contributed by atoms with Gasteiger partial charge in [0.25, 0.3) is 0 Å². The Bertz CT molecular complexity index is 758. The van der Waals surface area contributed by atoms with Crippen LogP contribution in [0.3, 0.4) is 0 Å². The highest BCUT2D eigenvalue weighted by atomic mass is 28.4. The van der Waals surface area contributed by atoms with Gasteiger partial charge < -0.3 is 9.53 Å². The molecule has 2 aromatic rings. The molecule has 0 aromatic heterocycles. The second-order valence-corrected chi connectivity index (χ2v) is 13.5. The van der Waals surface area contributed by atoms with E-state index in [1.165, 1.54) is 0 Å². The van der Waals surface area contributed by atoms with Gasteiger partial charge in [-0.05, 0) is 29.3 Å². The van der Waals surface area contributed by atoms with E-state index in [1.54, 1.807) is 0 Å². The Labute approximate surface area is 171 Å². The SMILES string of the molecule is CC(C)(C)[Si](C)(C)OC/C=C\C=C/[C@H](c1ccccc1)[C@H](O)c1ccccc1. The topological polar surface area (TPSA) is 29.5 Å². The smallest absolute Gasteiger partial charge is 0.192 e. The average molecular weight is 395 g/mol. The first-order valence-corrected chi connectivity index (χ1v) is 12.9. The van der Waals surface area contributed by atoms with Gasteiger partial charge in [-0.3, -0.25) is 0 Å². The van der Waals surface area contributed by atoms with Crippen LogP contribution in [0.5, 0.6) is 0 Å². The number of hydrogen-bond donors (Lipinski definition) is 1. The highest BCUT2D eigenvalue weighted by molar-refractivity contribution is 6.74. The summed E-state index contributed by atoms with van der Waals surface area (Å²) in [5.74, 6) is -0.102. The van der Waals surface area contributed by atoms with Crippen molar-refractivity contribution in [3.63, 3.8) is 0 Å². The van der Waals surface area contributed by atoms with Crippen molar-refractivity contribution in [2.24, 2.45) is 0 Å². The van der Waals surface area contributed by atoms with Crippen LogP contribution in [-0.2, 0) is 4.43 Å². The molecule has 0 heterocycles. The zero-order valence-electron chi connectivity index (χ0n) is 17.8. The van der Waals surface area contributed by atoms with Crippen LogP contribution in [0, 0.1) is 0 Å². The van der Waals surface area contributed by atoms with E-state index < -0.39 is 14.4 Å². The minimum atomic E-state index is -1.72. The first-order chi connectivity index (χ1) is 13.2. The van der Waals surface area contributed by atoms with Crippen molar-refractivity contribution >= 4 is 8.32 Å². The summed E-state index contributed by atoms with van der Waals surface area (Å²) < 4.78 is 6.17. The van der Waals surface area contributed by atoms with E-state index >= 15 is 0 Å². The molecule has 0 unspecified atom stereocenters. The third kappa shape index (κ3) is 6.30. The molecule has 2 atom stereocenters. The summed E-state index contributed by atoms with van der Waals surface area (Å²) in [6.07, 6.45) is 7.56. The molecule has 0 aliphatic rings. The summed E-state index contributed by atoms with van der Waals surface area (Å²) in [6, 6.07) is 20.0. The number of hydrogen-bond acceptors (Lipinski definition) is 2. The molecule has 0 spiro atoms. The lowest BCUT2D eigenvalue weighted by Gasteiger charge is -2.35. The number of rotatable bonds is 8. The summed E-state index contributed by atoms with van der Waals surface area (Å²) in [7, 11) is -1.72. The zero-order chi connectivity index (χ0) is 20.6. The van der Waals surface area contributed by atoms with E-state index in [9.17, 15) is 5.11 Å².